The van der Waals surface area contributed by atoms with Crippen LogP contribution in [-0.4, -0.2) is 53.8 Å². The first-order valence-corrected chi connectivity index (χ1v) is 11.7. The molecule has 0 amide bonds. The van der Waals surface area contributed by atoms with Gasteiger partial charge in [0.2, 0.25) is 0 Å². The van der Waals surface area contributed by atoms with Crippen LogP contribution in [0.2, 0.25) is 0 Å². The van der Waals surface area contributed by atoms with Gasteiger partial charge in [0.25, 0.3) is 0 Å². The number of methoxy groups -OCH3 is 1. The highest BCUT2D eigenvalue weighted by atomic mass is 16.5. The van der Waals surface area contributed by atoms with Gasteiger partial charge in [-0.05, 0) is 68.0 Å². The van der Waals surface area contributed by atoms with Crippen LogP contribution in [0.1, 0.15) is 44.3 Å². The summed E-state index contributed by atoms with van der Waals surface area (Å²) in [6.07, 6.45) is 9.18. The summed E-state index contributed by atoms with van der Waals surface area (Å²) in [5.74, 6) is 7.65. The summed E-state index contributed by atoms with van der Waals surface area (Å²) in [6.45, 7) is 3.61. The van der Waals surface area contributed by atoms with Crippen LogP contribution in [0.25, 0.3) is 10.9 Å². The molecule has 33 heavy (non-hydrogen) atoms. The Morgan fingerprint density at radius 3 is 3.00 bits per heavy atom. The molecular formula is C27H32N2O4. The maximum atomic E-state index is 12.1. The molecule has 0 radical (unpaired) electrons. The van der Waals surface area contributed by atoms with E-state index in [0.717, 1.165) is 61.0 Å². The number of unbranched alkanes of at least 4 members (excludes halogenated alkanes) is 1. The number of carbonyl (C=O) groups is 1. The largest absolute Gasteiger partial charge is 0.497 e. The number of carbonyl (C=O) groups excluding carboxylic acids is 1. The van der Waals surface area contributed by atoms with Gasteiger partial charge < -0.3 is 14.6 Å². The Morgan fingerprint density at radius 2 is 2.27 bits per heavy atom. The van der Waals surface area contributed by atoms with Gasteiger partial charge in [-0.3, -0.25) is 14.7 Å². The molecule has 4 heterocycles. The predicted octanol–water partition coefficient (Wildman–Crippen LogP) is 3.89. The number of ether oxygens (including phenoxy) is 2. The number of benzene rings is 1. The van der Waals surface area contributed by atoms with Crippen molar-refractivity contribution in [2.24, 2.45) is 11.8 Å². The van der Waals surface area contributed by atoms with E-state index in [0.29, 0.717) is 11.8 Å². The van der Waals surface area contributed by atoms with Gasteiger partial charge in [0.1, 0.15) is 11.9 Å². The van der Waals surface area contributed by atoms with E-state index in [9.17, 15) is 4.79 Å². The number of piperidine rings is 3. The van der Waals surface area contributed by atoms with Gasteiger partial charge in [0, 0.05) is 43.6 Å². The fourth-order valence-electron chi connectivity index (χ4n) is 5.16. The molecule has 3 saturated heterocycles. The topological polar surface area (TPSA) is 71.9 Å². The van der Waals surface area contributed by atoms with Gasteiger partial charge in [0.15, 0.2) is 0 Å². The number of nitrogens with zero attached hydrogens (tertiary/aromatic N) is 2. The number of allylic oxidation sites excluding steroid dienone is 1. The second kappa shape index (κ2) is 10.8. The lowest BCUT2D eigenvalue weighted by molar-refractivity contribution is -0.154. The maximum absolute atomic E-state index is 12.1. The van der Waals surface area contributed by atoms with Crippen LogP contribution in [0, 0.1) is 23.7 Å². The second-order valence-electron chi connectivity index (χ2n) is 8.83. The van der Waals surface area contributed by atoms with Crippen LogP contribution >= 0.6 is 0 Å². The number of hydrogen-bond donors (Lipinski definition) is 1. The molecular weight excluding hydrogens is 416 g/mol. The van der Waals surface area contributed by atoms with Gasteiger partial charge >= 0.3 is 5.97 Å². The Hall–Kier alpha value is -2.88. The molecule has 0 aliphatic carbocycles. The lowest BCUT2D eigenvalue weighted by Gasteiger charge is -2.51. The lowest BCUT2D eigenvalue weighted by atomic mass is 9.73. The molecule has 174 valence electrons. The quantitative estimate of drug-likeness (QED) is 0.394. The number of aliphatic hydroxyl groups is 1. The van der Waals surface area contributed by atoms with Gasteiger partial charge in [-0.1, -0.05) is 17.9 Å². The van der Waals surface area contributed by atoms with Crippen molar-refractivity contribution in [3.05, 3.63) is 48.2 Å². The molecule has 2 aromatic rings. The Balaban J connectivity index is 1.58. The Labute approximate surface area is 195 Å². The van der Waals surface area contributed by atoms with Crippen LogP contribution in [0.3, 0.4) is 0 Å². The average Bonchev–Trinajstić information content (AvgIpc) is 2.84. The monoisotopic (exact) mass is 448 g/mol. The minimum absolute atomic E-state index is 0.129. The number of aliphatic hydroxyl groups excluding tert-OH is 1. The van der Waals surface area contributed by atoms with Crippen molar-refractivity contribution in [1.82, 2.24) is 9.88 Å². The minimum Gasteiger partial charge on any atom is -0.497 e. The molecule has 2 bridgehead atoms. The van der Waals surface area contributed by atoms with Crippen molar-refractivity contribution in [2.75, 3.05) is 26.8 Å². The van der Waals surface area contributed by atoms with Gasteiger partial charge in [-0.25, -0.2) is 0 Å². The third-order valence-corrected chi connectivity index (χ3v) is 6.77. The highest BCUT2D eigenvalue weighted by Gasteiger charge is 2.44. The summed E-state index contributed by atoms with van der Waals surface area (Å²) in [5.41, 5.74) is 1.84. The minimum atomic E-state index is -0.355. The number of esters is 1. The fourth-order valence-corrected chi connectivity index (χ4v) is 5.16. The number of hydrogen-bond acceptors (Lipinski definition) is 6. The van der Waals surface area contributed by atoms with Crippen molar-refractivity contribution in [1.29, 1.82) is 0 Å². The molecule has 1 N–H and O–H groups in total. The van der Waals surface area contributed by atoms with Crippen molar-refractivity contribution >= 4 is 16.9 Å². The number of fused-ring (bicyclic) bond motifs is 4. The third-order valence-electron chi connectivity index (χ3n) is 6.77. The van der Waals surface area contributed by atoms with E-state index in [1.165, 1.54) is 6.92 Å². The predicted molar refractivity (Wildman–Crippen MR) is 128 cm³/mol. The van der Waals surface area contributed by atoms with E-state index in [1.807, 2.05) is 30.3 Å². The van der Waals surface area contributed by atoms with Crippen molar-refractivity contribution in [3.8, 4) is 17.6 Å². The molecule has 5 rings (SSSR count). The average molecular weight is 449 g/mol. The van der Waals surface area contributed by atoms with E-state index in [4.69, 9.17) is 14.6 Å². The zero-order chi connectivity index (χ0) is 23.2. The maximum Gasteiger partial charge on any atom is 0.303 e. The molecule has 1 aromatic carbocycles. The molecule has 6 nitrogen and oxygen atoms in total. The lowest BCUT2D eigenvalue weighted by Crippen LogP contribution is -2.55. The first-order chi connectivity index (χ1) is 16.1. The van der Waals surface area contributed by atoms with Crippen LogP contribution in [0.4, 0.5) is 0 Å². The van der Waals surface area contributed by atoms with Crippen molar-refractivity contribution < 1.29 is 19.4 Å². The summed E-state index contributed by atoms with van der Waals surface area (Å²) < 4.78 is 11.4. The zero-order valence-corrected chi connectivity index (χ0v) is 19.4. The zero-order valence-electron chi connectivity index (χ0n) is 19.4. The third kappa shape index (κ3) is 5.38. The number of pyridine rings is 1. The van der Waals surface area contributed by atoms with E-state index in [-0.39, 0.29) is 24.7 Å². The molecule has 1 aromatic heterocycles. The Bertz CT molecular complexity index is 1070. The Kier molecular flexibility index (Phi) is 7.64. The summed E-state index contributed by atoms with van der Waals surface area (Å²) in [7, 11) is 1.65. The van der Waals surface area contributed by atoms with Crippen LogP contribution in [0.15, 0.2) is 42.6 Å². The molecule has 0 saturated carbocycles. The molecule has 1 unspecified atom stereocenters. The van der Waals surface area contributed by atoms with E-state index >= 15 is 0 Å². The summed E-state index contributed by atoms with van der Waals surface area (Å²) in [4.78, 5) is 19.1. The standard InChI is InChI=1S/C27H32N2O4/c1-19(31)33-27(23-11-13-28-25-10-9-22(32-2)17-24(23)25)26-16-20-12-14-29(26)18-21(20)8-6-4-3-5-7-15-30/h6,8-11,13,17,20-21,26-27,30H,5,7,12,14-16,18H2,1-2H3/b8-6+/t20-,21-,26+,27-/m0/s1. The van der Waals surface area contributed by atoms with Crippen molar-refractivity contribution in [2.45, 2.75) is 44.8 Å². The van der Waals surface area contributed by atoms with Gasteiger partial charge in [0.05, 0.1) is 18.7 Å². The molecule has 5 atom stereocenters. The van der Waals surface area contributed by atoms with E-state index < -0.39 is 0 Å². The molecule has 3 fully saturated rings. The van der Waals surface area contributed by atoms with Crippen LogP contribution < -0.4 is 4.74 Å². The smallest absolute Gasteiger partial charge is 0.303 e. The first kappa shape index (κ1) is 23.3. The highest BCUT2D eigenvalue weighted by molar-refractivity contribution is 5.84. The summed E-state index contributed by atoms with van der Waals surface area (Å²) in [6, 6.07) is 7.92. The first-order valence-electron chi connectivity index (χ1n) is 11.7. The molecule has 0 spiro atoms. The Morgan fingerprint density at radius 1 is 1.39 bits per heavy atom. The molecule has 6 heteroatoms. The van der Waals surface area contributed by atoms with Gasteiger partial charge in [-0.2, -0.15) is 0 Å². The number of rotatable bonds is 7. The van der Waals surface area contributed by atoms with Crippen LogP contribution in [-0.2, 0) is 9.53 Å². The molecule has 3 aliphatic heterocycles. The second-order valence-corrected chi connectivity index (χ2v) is 8.83. The summed E-state index contributed by atoms with van der Waals surface area (Å²) in [5, 5.41) is 9.82. The summed E-state index contributed by atoms with van der Waals surface area (Å²) >= 11 is 0. The molecule has 3 aliphatic rings. The van der Waals surface area contributed by atoms with E-state index in [1.54, 1.807) is 13.3 Å². The van der Waals surface area contributed by atoms with Gasteiger partial charge in [-0.15, -0.1) is 0 Å². The van der Waals surface area contributed by atoms with Crippen molar-refractivity contribution in [3.63, 3.8) is 0 Å². The normalized spacial score (nSPS) is 24.9. The fraction of sp³-hybridized carbons (Fsp3) is 0.481. The van der Waals surface area contributed by atoms with Crippen LogP contribution in [0.5, 0.6) is 5.75 Å². The van der Waals surface area contributed by atoms with E-state index in [2.05, 4.69) is 27.8 Å². The number of aromatic nitrogens is 1. The highest BCUT2D eigenvalue weighted by Crippen LogP contribution is 2.43. The SMILES string of the molecule is COc1ccc2nccc([C@H](OC(C)=O)[C@H]3C[C@@H]4CCN3C[C@@H]4/C=C/C#CCCCO)c2c1.